The Labute approximate surface area is 91.1 Å². The topological polar surface area (TPSA) is 15.3 Å². The van der Waals surface area contributed by atoms with E-state index in [1.807, 2.05) is 0 Å². The molecule has 2 nitrogen and oxygen atoms in total. The van der Waals surface area contributed by atoms with Gasteiger partial charge in [-0.25, -0.2) is 0 Å². The Hall–Kier alpha value is 0.0100. The van der Waals surface area contributed by atoms with Crippen molar-refractivity contribution in [3.8, 4) is 0 Å². The summed E-state index contributed by atoms with van der Waals surface area (Å²) in [4.78, 5) is 2.53. The molecule has 0 saturated carbocycles. The molecule has 0 aromatic rings. The van der Waals surface area contributed by atoms with Gasteiger partial charge in [0, 0.05) is 38.0 Å². The number of piperazine rings is 1. The van der Waals surface area contributed by atoms with E-state index in [9.17, 15) is 0 Å². The third-order valence-electron chi connectivity index (χ3n) is 3.02. The van der Waals surface area contributed by atoms with Crippen molar-refractivity contribution in [2.75, 3.05) is 38.5 Å². The lowest BCUT2D eigenvalue weighted by molar-refractivity contribution is 0.258. The molecular formula is C11H20N2S. The molecule has 3 heteroatoms. The summed E-state index contributed by atoms with van der Waals surface area (Å²) in [5, 5.41) is 4.14. The monoisotopic (exact) mass is 212 g/mol. The van der Waals surface area contributed by atoms with Gasteiger partial charge in [0.05, 0.1) is 0 Å². The second-order valence-corrected chi connectivity index (χ2v) is 5.50. The lowest BCUT2D eigenvalue weighted by Crippen LogP contribution is -2.44. The van der Waals surface area contributed by atoms with Gasteiger partial charge in [0.1, 0.15) is 0 Å². The molecule has 2 aliphatic heterocycles. The van der Waals surface area contributed by atoms with Crippen LogP contribution in [0, 0.1) is 0 Å². The minimum absolute atomic E-state index is 0.755. The maximum atomic E-state index is 4.25. The summed E-state index contributed by atoms with van der Waals surface area (Å²) in [6.07, 6.45) is 2.74. The van der Waals surface area contributed by atoms with E-state index in [2.05, 4.69) is 28.6 Å². The van der Waals surface area contributed by atoms with Gasteiger partial charge < -0.3 is 5.32 Å². The van der Waals surface area contributed by atoms with Gasteiger partial charge in [-0.05, 0) is 18.6 Å². The predicted molar refractivity (Wildman–Crippen MR) is 63.9 cm³/mol. The Balaban J connectivity index is 1.75. The van der Waals surface area contributed by atoms with Crippen molar-refractivity contribution >= 4 is 11.8 Å². The van der Waals surface area contributed by atoms with Crippen LogP contribution in [0.3, 0.4) is 0 Å². The molecule has 0 aromatic carbocycles. The third kappa shape index (κ3) is 2.75. The van der Waals surface area contributed by atoms with Crippen LogP contribution in [-0.4, -0.2) is 48.6 Å². The smallest absolute Gasteiger partial charge is 0.0266 e. The number of thioether (sulfide) groups is 1. The zero-order chi connectivity index (χ0) is 9.80. The molecule has 14 heavy (non-hydrogen) atoms. The summed E-state index contributed by atoms with van der Waals surface area (Å²) in [6, 6.07) is 0. The number of rotatable bonds is 3. The van der Waals surface area contributed by atoms with Gasteiger partial charge in [0.2, 0.25) is 0 Å². The highest BCUT2D eigenvalue weighted by Crippen LogP contribution is 2.31. The highest BCUT2D eigenvalue weighted by atomic mass is 32.2. The molecule has 0 spiro atoms. The van der Waals surface area contributed by atoms with E-state index in [4.69, 9.17) is 0 Å². The Bertz CT molecular complexity index is 193. The molecule has 0 aliphatic carbocycles. The third-order valence-corrected chi connectivity index (χ3v) is 4.52. The van der Waals surface area contributed by atoms with E-state index in [1.165, 1.54) is 37.3 Å². The lowest BCUT2D eigenvalue weighted by atomic mass is 10.1. The number of hydrogen-bond donors (Lipinski definition) is 1. The van der Waals surface area contributed by atoms with Crippen LogP contribution in [-0.2, 0) is 0 Å². The van der Waals surface area contributed by atoms with Gasteiger partial charge in [-0.3, -0.25) is 4.90 Å². The molecule has 0 radical (unpaired) electrons. The Morgan fingerprint density at radius 3 is 2.86 bits per heavy atom. The van der Waals surface area contributed by atoms with Crippen LogP contribution in [0.25, 0.3) is 0 Å². The molecule has 80 valence electrons. The first-order valence-electron chi connectivity index (χ1n) is 5.58. The molecular weight excluding hydrogens is 192 g/mol. The second-order valence-electron chi connectivity index (χ2n) is 4.19. The molecule has 2 saturated heterocycles. The molecule has 0 aromatic heterocycles. The van der Waals surface area contributed by atoms with Crippen molar-refractivity contribution in [3.63, 3.8) is 0 Å². The van der Waals surface area contributed by atoms with Crippen LogP contribution < -0.4 is 5.32 Å². The zero-order valence-corrected chi connectivity index (χ0v) is 9.61. The highest BCUT2D eigenvalue weighted by Gasteiger charge is 2.20. The van der Waals surface area contributed by atoms with Gasteiger partial charge in [-0.2, -0.15) is 11.8 Å². The molecule has 1 N–H and O–H groups in total. The molecule has 1 atom stereocenters. The van der Waals surface area contributed by atoms with Gasteiger partial charge in [0.25, 0.3) is 0 Å². The lowest BCUT2D eigenvalue weighted by Gasteiger charge is -2.29. The van der Waals surface area contributed by atoms with E-state index in [0.717, 1.165) is 24.9 Å². The quantitative estimate of drug-likeness (QED) is 0.711. The van der Waals surface area contributed by atoms with Gasteiger partial charge in [-0.15, -0.1) is 0 Å². The summed E-state index contributed by atoms with van der Waals surface area (Å²) < 4.78 is 0. The predicted octanol–water partition coefficient (Wildman–Crippen LogP) is 1.34. The Morgan fingerprint density at radius 2 is 2.21 bits per heavy atom. The fourth-order valence-electron chi connectivity index (χ4n) is 2.16. The van der Waals surface area contributed by atoms with Crippen molar-refractivity contribution in [3.05, 3.63) is 12.2 Å². The summed E-state index contributed by atoms with van der Waals surface area (Å²) in [5.41, 5.74) is 1.45. The normalized spacial score (nSPS) is 29.3. The van der Waals surface area contributed by atoms with E-state index in [0.29, 0.717) is 0 Å². The largest absolute Gasteiger partial charge is 0.314 e. The summed E-state index contributed by atoms with van der Waals surface area (Å²) in [7, 11) is 0. The molecule has 1 unspecified atom stereocenters. The minimum atomic E-state index is 0.755. The van der Waals surface area contributed by atoms with Gasteiger partial charge in [-0.1, -0.05) is 12.2 Å². The fourth-order valence-corrected chi connectivity index (χ4v) is 3.42. The van der Waals surface area contributed by atoms with Crippen LogP contribution in [0.5, 0.6) is 0 Å². The zero-order valence-electron chi connectivity index (χ0n) is 8.80. The van der Waals surface area contributed by atoms with Crippen LogP contribution in [0.1, 0.15) is 12.8 Å². The van der Waals surface area contributed by atoms with Crippen LogP contribution >= 0.6 is 11.8 Å². The van der Waals surface area contributed by atoms with Crippen LogP contribution in [0.4, 0.5) is 0 Å². The number of hydrogen-bond acceptors (Lipinski definition) is 3. The first-order valence-corrected chi connectivity index (χ1v) is 6.63. The maximum Gasteiger partial charge on any atom is 0.0266 e. The van der Waals surface area contributed by atoms with Gasteiger partial charge >= 0.3 is 0 Å². The van der Waals surface area contributed by atoms with Crippen LogP contribution in [0.15, 0.2) is 12.2 Å². The molecule has 2 aliphatic rings. The molecule has 0 amide bonds. The van der Waals surface area contributed by atoms with Crippen molar-refractivity contribution < 1.29 is 0 Å². The molecule has 2 fully saturated rings. The summed E-state index contributed by atoms with van der Waals surface area (Å²) in [6.45, 7) is 10.0. The Morgan fingerprint density at radius 1 is 1.43 bits per heavy atom. The molecule has 2 heterocycles. The molecule has 0 bridgehead atoms. The van der Waals surface area contributed by atoms with Crippen molar-refractivity contribution in [2.24, 2.45) is 0 Å². The van der Waals surface area contributed by atoms with Crippen molar-refractivity contribution in [2.45, 2.75) is 18.1 Å². The number of nitrogens with zero attached hydrogens (tertiary/aromatic N) is 1. The standard InChI is InChI=1S/C11H20N2S/c1-10(11-3-2-8-14-11)9-13-6-4-12-5-7-13/h11-12H,1-9H2. The second kappa shape index (κ2) is 5.19. The first-order chi connectivity index (χ1) is 6.86. The van der Waals surface area contributed by atoms with E-state index in [1.54, 1.807) is 0 Å². The summed E-state index contributed by atoms with van der Waals surface area (Å²) in [5.74, 6) is 1.34. The number of nitrogens with one attached hydrogen (secondary N) is 1. The average Bonchev–Trinajstić information content (AvgIpc) is 2.72. The van der Waals surface area contributed by atoms with Crippen molar-refractivity contribution in [1.29, 1.82) is 0 Å². The first kappa shape index (κ1) is 10.5. The summed E-state index contributed by atoms with van der Waals surface area (Å²) >= 11 is 2.10. The average molecular weight is 212 g/mol. The highest BCUT2D eigenvalue weighted by molar-refractivity contribution is 8.00. The van der Waals surface area contributed by atoms with E-state index >= 15 is 0 Å². The minimum Gasteiger partial charge on any atom is -0.314 e. The van der Waals surface area contributed by atoms with E-state index in [-0.39, 0.29) is 0 Å². The van der Waals surface area contributed by atoms with E-state index < -0.39 is 0 Å². The SMILES string of the molecule is C=C(CN1CCNCC1)C1CCCS1. The fraction of sp³-hybridized carbons (Fsp3) is 0.818. The van der Waals surface area contributed by atoms with Gasteiger partial charge in [0.15, 0.2) is 0 Å². The van der Waals surface area contributed by atoms with Crippen LogP contribution in [0.2, 0.25) is 0 Å². The Kier molecular flexibility index (Phi) is 3.90. The van der Waals surface area contributed by atoms with Crippen molar-refractivity contribution in [1.82, 2.24) is 10.2 Å². The molecule has 2 rings (SSSR count). The maximum absolute atomic E-state index is 4.25.